The molecule has 0 heteroatoms. The SMILES string of the molecule is CC(C)=CCC/C(C)=C/CC/C(C)=C/C(C)(C)C. The van der Waals surface area contributed by atoms with Crippen LogP contribution in [0.1, 0.15) is 74.1 Å². The zero-order chi connectivity index (χ0) is 14.2. The molecule has 0 heterocycles. The van der Waals surface area contributed by atoms with Gasteiger partial charge in [0, 0.05) is 0 Å². The highest BCUT2D eigenvalue weighted by Crippen LogP contribution is 2.20. The van der Waals surface area contributed by atoms with Crippen LogP contribution in [-0.4, -0.2) is 0 Å². The monoisotopic (exact) mass is 248 g/mol. The first-order valence-corrected chi connectivity index (χ1v) is 7.18. The molecule has 0 aromatic heterocycles. The molecule has 0 aliphatic rings. The van der Waals surface area contributed by atoms with Crippen LogP contribution < -0.4 is 0 Å². The van der Waals surface area contributed by atoms with Gasteiger partial charge in [0.1, 0.15) is 0 Å². The summed E-state index contributed by atoms with van der Waals surface area (Å²) >= 11 is 0. The van der Waals surface area contributed by atoms with Gasteiger partial charge in [-0.05, 0) is 58.8 Å². The zero-order valence-corrected chi connectivity index (χ0v) is 13.6. The van der Waals surface area contributed by atoms with Gasteiger partial charge in [-0.25, -0.2) is 0 Å². The van der Waals surface area contributed by atoms with Crippen LogP contribution in [0.4, 0.5) is 0 Å². The maximum atomic E-state index is 2.40. The molecule has 0 radical (unpaired) electrons. The molecule has 0 nitrogen and oxygen atoms in total. The smallest absolute Gasteiger partial charge is 0.0201 e. The molecule has 0 aliphatic heterocycles. The molecule has 0 aromatic carbocycles. The second-order valence-corrected chi connectivity index (χ2v) is 6.77. The van der Waals surface area contributed by atoms with Crippen molar-refractivity contribution in [3.05, 3.63) is 34.9 Å². The van der Waals surface area contributed by atoms with Crippen molar-refractivity contribution < 1.29 is 0 Å². The Morgan fingerprint density at radius 1 is 0.778 bits per heavy atom. The minimum absolute atomic E-state index is 0.312. The number of allylic oxidation sites excluding steroid dienone is 6. The molecule has 0 saturated heterocycles. The van der Waals surface area contributed by atoms with Crippen LogP contribution in [0.15, 0.2) is 34.9 Å². The van der Waals surface area contributed by atoms with Crippen molar-refractivity contribution >= 4 is 0 Å². The summed E-state index contributed by atoms with van der Waals surface area (Å²) in [5.41, 5.74) is 4.77. The van der Waals surface area contributed by atoms with Crippen molar-refractivity contribution in [1.29, 1.82) is 0 Å². The summed E-state index contributed by atoms with van der Waals surface area (Å²) in [5.74, 6) is 0. The number of rotatable bonds is 6. The highest BCUT2D eigenvalue weighted by atomic mass is 14.1. The molecule has 0 aromatic rings. The third kappa shape index (κ3) is 11.7. The molecular weight excluding hydrogens is 216 g/mol. The molecular formula is C18H32. The van der Waals surface area contributed by atoms with E-state index in [1.807, 2.05) is 0 Å². The van der Waals surface area contributed by atoms with E-state index in [2.05, 4.69) is 66.7 Å². The average molecular weight is 248 g/mol. The predicted molar refractivity (Wildman–Crippen MR) is 84.9 cm³/mol. The fourth-order valence-corrected chi connectivity index (χ4v) is 2.05. The van der Waals surface area contributed by atoms with Crippen molar-refractivity contribution in [3.63, 3.8) is 0 Å². The van der Waals surface area contributed by atoms with Crippen molar-refractivity contribution in [3.8, 4) is 0 Å². The normalized spacial score (nSPS) is 13.7. The first kappa shape index (κ1) is 17.2. The van der Waals surface area contributed by atoms with E-state index < -0.39 is 0 Å². The second kappa shape index (κ2) is 8.34. The quantitative estimate of drug-likeness (QED) is 0.474. The van der Waals surface area contributed by atoms with Gasteiger partial charge in [-0.15, -0.1) is 0 Å². The molecule has 0 amide bonds. The Balaban J connectivity index is 4.02. The van der Waals surface area contributed by atoms with Crippen LogP contribution in [0, 0.1) is 5.41 Å². The fourth-order valence-electron chi connectivity index (χ4n) is 2.05. The average Bonchev–Trinajstić information content (AvgIpc) is 2.13. The Bertz CT molecular complexity index is 314. The van der Waals surface area contributed by atoms with E-state index in [-0.39, 0.29) is 0 Å². The lowest BCUT2D eigenvalue weighted by atomic mass is 9.92. The molecule has 0 N–H and O–H groups in total. The van der Waals surface area contributed by atoms with Crippen molar-refractivity contribution in [2.75, 3.05) is 0 Å². The molecule has 0 rings (SSSR count). The fraction of sp³-hybridized carbons (Fsp3) is 0.667. The van der Waals surface area contributed by atoms with Gasteiger partial charge in [0.25, 0.3) is 0 Å². The zero-order valence-electron chi connectivity index (χ0n) is 13.6. The van der Waals surface area contributed by atoms with E-state index in [0.717, 1.165) is 0 Å². The summed E-state index contributed by atoms with van der Waals surface area (Å²) in [5, 5.41) is 0. The molecule has 18 heavy (non-hydrogen) atoms. The van der Waals surface area contributed by atoms with Crippen LogP contribution in [0.25, 0.3) is 0 Å². The minimum Gasteiger partial charge on any atom is -0.0856 e. The lowest BCUT2D eigenvalue weighted by molar-refractivity contribution is 0.537. The summed E-state index contributed by atoms with van der Waals surface area (Å²) in [4.78, 5) is 0. The lowest BCUT2D eigenvalue weighted by Crippen LogP contribution is -2.00. The Morgan fingerprint density at radius 2 is 1.28 bits per heavy atom. The highest BCUT2D eigenvalue weighted by molar-refractivity contribution is 5.07. The third-order valence-corrected chi connectivity index (χ3v) is 2.80. The molecule has 0 unspecified atom stereocenters. The molecule has 104 valence electrons. The first-order valence-electron chi connectivity index (χ1n) is 7.18. The van der Waals surface area contributed by atoms with Crippen LogP contribution in [0.2, 0.25) is 0 Å². The molecule has 0 fully saturated rings. The van der Waals surface area contributed by atoms with Crippen LogP contribution in [0.3, 0.4) is 0 Å². The summed E-state index contributed by atoms with van der Waals surface area (Å²) in [6, 6.07) is 0. The third-order valence-electron chi connectivity index (χ3n) is 2.80. The molecule has 0 bridgehead atoms. The molecule has 0 aliphatic carbocycles. The van der Waals surface area contributed by atoms with Crippen molar-refractivity contribution in [2.24, 2.45) is 5.41 Å². The Hall–Kier alpha value is -0.780. The highest BCUT2D eigenvalue weighted by Gasteiger charge is 2.05. The van der Waals surface area contributed by atoms with Gasteiger partial charge >= 0.3 is 0 Å². The largest absolute Gasteiger partial charge is 0.0856 e. The van der Waals surface area contributed by atoms with E-state index in [0.29, 0.717) is 5.41 Å². The van der Waals surface area contributed by atoms with E-state index >= 15 is 0 Å². The van der Waals surface area contributed by atoms with Gasteiger partial charge in [-0.3, -0.25) is 0 Å². The number of hydrogen-bond acceptors (Lipinski definition) is 0. The summed E-state index contributed by atoms with van der Waals surface area (Å²) in [6.07, 6.45) is 11.9. The maximum Gasteiger partial charge on any atom is -0.0201 e. The van der Waals surface area contributed by atoms with Crippen LogP contribution >= 0.6 is 0 Å². The van der Waals surface area contributed by atoms with Gasteiger partial charge in [-0.2, -0.15) is 0 Å². The topological polar surface area (TPSA) is 0 Å². The van der Waals surface area contributed by atoms with Gasteiger partial charge in [0.2, 0.25) is 0 Å². The van der Waals surface area contributed by atoms with Crippen molar-refractivity contribution in [1.82, 2.24) is 0 Å². The molecule has 0 atom stereocenters. The van der Waals surface area contributed by atoms with Gasteiger partial charge in [0.05, 0.1) is 0 Å². The van der Waals surface area contributed by atoms with E-state index in [1.54, 1.807) is 0 Å². The maximum absolute atomic E-state index is 2.40. The Kier molecular flexibility index (Phi) is 7.98. The Morgan fingerprint density at radius 3 is 1.78 bits per heavy atom. The van der Waals surface area contributed by atoms with Crippen LogP contribution in [-0.2, 0) is 0 Å². The summed E-state index contributed by atoms with van der Waals surface area (Å²) in [7, 11) is 0. The number of hydrogen-bond donors (Lipinski definition) is 0. The molecule has 0 spiro atoms. The standard InChI is InChI=1S/C18H32/c1-15(2)10-8-11-16(3)12-9-13-17(4)14-18(5,6)7/h10,12,14H,8-9,11,13H2,1-7H3/b16-12+,17-14+. The lowest BCUT2D eigenvalue weighted by Gasteiger charge is -2.13. The van der Waals surface area contributed by atoms with Gasteiger partial charge < -0.3 is 0 Å². The van der Waals surface area contributed by atoms with Gasteiger partial charge in [-0.1, -0.05) is 55.7 Å². The van der Waals surface area contributed by atoms with Crippen LogP contribution in [0.5, 0.6) is 0 Å². The van der Waals surface area contributed by atoms with E-state index in [4.69, 9.17) is 0 Å². The minimum atomic E-state index is 0.312. The molecule has 0 saturated carbocycles. The summed E-state index contributed by atoms with van der Waals surface area (Å²) in [6.45, 7) is 15.6. The Labute approximate surface area is 115 Å². The summed E-state index contributed by atoms with van der Waals surface area (Å²) < 4.78 is 0. The first-order chi connectivity index (χ1) is 8.20. The van der Waals surface area contributed by atoms with E-state index in [9.17, 15) is 0 Å². The second-order valence-electron chi connectivity index (χ2n) is 6.77. The van der Waals surface area contributed by atoms with Crippen molar-refractivity contribution in [2.45, 2.75) is 74.1 Å². The van der Waals surface area contributed by atoms with E-state index in [1.165, 1.54) is 42.4 Å². The predicted octanol–water partition coefficient (Wildman–Crippen LogP) is 6.45. The van der Waals surface area contributed by atoms with Gasteiger partial charge in [0.15, 0.2) is 0 Å².